The van der Waals surface area contributed by atoms with Gasteiger partial charge in [0.2, 0.25) is 0 Å². The minimum Gasteiger partial charge on any atom is -0.507 e. The number of phenolic OH excluding ortho intramolecular Hbond substituents is 1. The molecule has 2 aromatic rings. The lowest BCUT2D eigenvalue weighted by molar-refractivity contribution is 0.102. The molecule has 0 aliphatic heterocycles. The van der Waals surface area contributed by atoms with Crippen LogP contribution in [0.5, 0.6) is 5.75 Å². The van der Waals surface area contributed by atoms with Crippen LogP contribution in [0.15, 0.2) is 47.4 Å². The van der Waals surface area contributed by atoms with Crippen LogP contribution in [0.2, 0.25) is 0 Å². The Hall–Kier alpha value is -2.41. The average Bonchev–Trinajstić information content (AvgIpc) is 2.41. The van der Waals surface area contributed by atoms with Crippen LogP contribution in [0.1, 0.15) is 15.9 Å². The molecule has 0 atom stereocenters. The first-order valence-electron chi connectivity index (χ1n) is 5.94. The average molecular weight is 309 g/mol. The highest BCUT2D eigenvalue weighted by Gasteiger charge is 2.20. The number of carbonyl (C=O) groups is 1. The number of rotatable bonds is 3. The fourth-order valence-electron chi connectivity index (χ4n) is 1.81. The van der Waals surface area contributed by atoms with Gasteiger partial charge in [-0.3, -0.25) is 4.79 Å². The lowest BCUT2D eigenvalue weighted by atomic mass is 10.1. The van der Waals surface area contributed by atoms with Gasteiger partial charge in [-0.2, -0.15) is 8.42 Å². The predicted molar refractivity (Wildman–Crippen MR) is 75.5 cm³/mol. The lowest BCUT2D eigenvalue weighted by Gasteiger charge is -2.10. The maximum Gasteiger partial charge on any atom is 0.334 e. The van der Waals surface area contributed by atoms with E-state index in [-0.39, 0.29) is 17.0 Å². The molecule has 110 valence electrons. The molecule has 0 aromatic heterocycles. The molecule has 0 unspecified atom stereocenters. The number of carbonyl (C=O) groups excluding carboxylic acids is 1. The number of amides is 1. The molecule has 0 spiro atoms. The van der Waals surface area contributed by atoms with Crippen LogP contribution in [0.4, 0.5) is 9.57 Å². The smallest absolute Gasteiger partial charge is 0.334 e. The van der Waals surface area contributed by atoms with E-state index < -0.39 is 21.0 Å². The van der Waals surface area contributed by atoms with E-state index >= 15 is 0 Å². The molecule has 1 amide bonds. The van der Waals surface area contributed by atoms with Crippen molar-refractivity contribution in [3.8, 4) is 5.75 Å². The molecule has 0 radical (unpaired) electrons. The van der Waals surface area contributed by atoms with E-state index in [0.29, 0.717) is 5.56 Å². The maximum atomic E-state index is 13.1. The Balaban J connectivity index is 2.40. The van der Waals surface area contributed by atoms with Crippen LogP contribution in [-0.2, 0) is 10.2 Å². The Morgan fingerprint density at radius 1 is 1.14 bits per heavy atom. The monoisotopic (exact) mass is 309 g/mol. The Morgan fingerprint density at radius 3 is 2.48 bits per heavy atom. The number of hydrogen-bond acceptors (Lipinski definition) is 4. The van der Waals surface area contributed by atoms with Crippen molar-refractivity contribution in [2.75, 3.05) is 5.32 Å². The predicted octanol–water partition coefficient (Wildman–Crippen LogP) is 2.61. The summed E-state index contributed by atoms with van der Waals surface area (Å²) in [4.78, 5) is 11.4. The molecule has 7 heteroatoms. The van der Waals surface area contributed by atoms with E-state index in [0.717, 1.165) is 6.07 Å². The molecule has 5 nitrogen and oxygen atoms in total. The molecule has 0 fully saturated rings. The highest BCUT2D eigenvalue weighted by Crippen LogP contribution is 2.26. The lowest BCUT2D eigenvalue weighted by Crippen LogP contribution is -2.14. The molecule has 2 rings (SSSR count). The van der Waals surface area contributed by atoms with E-state index in [1.54, 1.807) is 19.1 Å². The van der Waals surface area contributed by atoms with Gasteiger partial charge in [-0.25, -0.2) is 0 Å². The molecule has 2 aromatic carbocycles. The summed E-state index contributed by atoms with van der Waals surface area (Å²) >= 11 is 0. The number of hydrogen-bond donors (Lipinski definition) is 2. The fourth-order valence-corrected chi connectivity index (χ4v) is 2.44. The standard InChI is InChI=1S/C14H12FNO4S/c1-9-5-4-6-10(13(9)17)14(18)16-11-7-2-3-8-12(11)21(15,19)20/h2-8,17H,1H3,(H,16,18). The summed E-state index contributed by atoms with van der Waals surface area (Å²) in [5.74, 6) is -0.942. The SMILES string of the molecule is Cc1cccc(C(=O)Nc2ccccc2S(=O)(=O)F)c1O. The van der Waals surface area contributed by atoms with Crippen molar-refractivity contribution in [2.24, 2.45) is 0 Å². The minimum absolute atomic E-state index is 0.0268. The van der Waals surface area contributed by atoms with Gasteiger partial charge < -0.3 is 10.4 Å². The largest absolute Gasteiger partial charge is 0.507 e. The number of aromatic hydroxyl groups is 1. The van der Waals surface area contributed by atoms with Crippen LogP contribution in [0.25, 0.3) is 0 Å². The summed E-state index contributed by atoms with van der Waals surface area (Å²) in [5.41, 5.74) is 0.279. The summed E-state index contributed by atoms with van der Waals surface area (Å²) in [5, 5.41) is 12.1. The summed E-state index contributed by atoms with van der Waals surface area (Å²) in [6.45, 7) is 1.62. The number of nitrogens with one attached hydrogen (secondary N) is 1. The zero-order valence-electron chi connectivity index (χ0n) is 11.0. The first-order valence-corrected chi connectivity index (χ1v) is 7.32. The Morgan fingerprint density at radius 2 is 1.81 bits per heavy atom. The van der Waals surface area contributed by atoms with E-state index in [1.807, 2.05) is 0 Å². The van der Waals surface area contributed by atoms with Crippen LogP contribution >= 0.6 is 0 Å². The number of anilines is 1. The third-order valence-corrected chi connectivity index (χ3v) is 3.76. The molecular formula is C14H12FNO4S. The summed E-state index contributed by atoms with van der Waals surface area (Å²) < 4.78 is 35.2. The van der Waals surface area contributed by atoms with Gasteiger partial charge >= 0.3 is 10.2 Å². The van der Waals surface area contributed by atoms with Crippen LogP contribution in [-0.4, -0.2) is 19.4 Å². The molecule has 0 bridgehead atoms. The zero-order valence-corrected chi connectivity index (χ0v) is 11.8. The topological polar surface area (TPSA) is 83.5 Å². The number of benzene rings is 2. The van der Waals surface area contributed by atoms with Gasteiger partial charge in [-0.05, 0) is 30.7 Å². The van der Waals surface area contributed by atoms with E-state index in [9.17, 15) is 22.2 Å². The van der Waals surface area contributed by atoms with Gasteiger partial charge in [0.15, 0.2) is 0 Å². The Bertz CT molecular complexity index is 802. The summed E-state index contributed by atoms with van der Waals surface area (Å²) in [6.07, 6.45) is 0. The summed E-state index contributed by atoms with van der Waals surface area (Å²) in [6, 6.07) is 9.67. The molecule has 0 saturated carbocycles. The van der Waals surface area contributed by atoms with Crippen LogP contribution in [0.3, 0.4) is 0 Å². The Kier molecular flexibility index (Phi) is 3.95. The first-order chi connectivity index (χ1) is 9.80. The van der Waals surface area contributed by atoms with Crippen molar-refractivity contribution in [2.45, 2.75) is 11.8 Å². The summed E-state index contributed by atoms with van der Waals surface area (Å²) in [7, 11) is -4.96. The maximum absolute atomic E-state index is 13.1. The van der Waals surface area contributed by atoms with Gasteiger partial charge in [0.1, 0.15) is 10.6 Å². The molecule has 2 N–H and O–H groups in total. The highest BCUT2D eigenvalue weighted by atomic mass is 32.3. The van der Waals surface area contributed by atoms with Crippen LogP contribution < -0.4 is 5.32 Å². The van der Waals surface area contributed by atoms with E-state index in [4.69, 9.17) is 0 Å². The molecule has 0 heterocycles. The molecule has 0 aliphatic rings. The Labute approximate surface area is 121 Å². The second-order valence-electron chi connectivity index (χ2n) is 4.36. The van der Waals surface area contributed by atoms with Gasteiger partial charge in [0.25, 0.3) is 5.91 Å². The van der Waals surface area contributed by atoms with Crippen molar-refractivity contribution in [1.29, 1.82) is 0 Å². The molecule has 0 aliphatic carbocycles. The second kappa shape index (κ2) is 5.53. The third-order valence-electron chi connectivity index (χ3n) is 2.88. The van der Waals surface area contributed by atoms with Gasteiger partial charge in [-0.15, -0.1) is 3.89 Å². The highest BCUT2D eigenvalue weighted by molar-refractivity contribution is 7.86. The van der Waals surface area contributed by atoms with Crippen LogP contribution in [0, 0.1) is 6.92 Å². The van der Waals surface area contributed by atoms with Gasteiger partial charge in [-0.1, -0.05) is 24.3 Å². The second-order valence-corrected chi connectivity index (χ2v) is 5.67. The van der Waals surface area contributed by atoms with E-state index in [2.05, 4.69) is 5.32 Å². The van der Waals surface area contributed by atoms with Crippen molar-refractivity contribution >= 4 is 21.8 Å². The van der Waals surface area contributed by atoms with Gasteiger partial charge in [0, 0.05) is 0 Å². The van der Waals surface area contributed by atoms with Crippen molar-refractivity contribution in [3.63, 3.8) is 0 Å². The number of phenols is 1. The first kappa shape index (κ1) is 15.0. The number of aryl methyl sites for hydroxylation is 1. The zero-order chi connectivity index (χ0) is 15.6. The van der Waals surface area contributed by atoms with Crippen molar-refractivity contribution < 1.29 is 22.2 Å². The van der Waals surface area contributed by atoms with E-state index in [1.165, 1.54) is 24.3 Å². The molecule has 0 saturated heterocycles. The molecular weight excluding hydrogens is 297 g/mol. The minimum atomic E-state index is -4.96. The number of para-hydroxylation sites is 2. The normalized spacial score (nSPS) is 11.1. The van der Waals surface area contributed by atoms with Gasteiger partial charge in [0.05, 0.1) is 11.3 Å². The molecule has 21 heavy (non-hydrogen) atoms. The van der Waals surface area contributed by atoms with Crippen molar-refractivity contribution in [3.05, 3.63) is 53.6 Å². The fraction of sp³-hybridized carbons (Fsp3) is 0.0714. The quantitative estimate of drug-likeness (QED) is 0.854. The van der Waals surface area contributed by atoms with Crippen molar-refractivity contribution in [1.82, 2.24) is 0 Å². The third kappa shape index (κ3) is 3.19. The number of halogens is 1.